The fourth-order valence-electron chi connectivity index (χ4n) is 2.36. The Hall–Kier alpha value is -2.61. The number of aryl methyl sites for hydroxylation is 2. The number of nitrogens with zero attached hydrogens (tertiary/aromatic N) is 1. The molecule has 0 heterocycles. The van der Waals surface area contributed by atoms with Crippen molar-refractivity contribution < 1.29 is 23.9 Å². The van der Waals surface area contributed by atoms with Gasteiger partial charge in [-0.05, 0) is 57.9 Å². The Morgan fingerprint density at radius 2 is 1.72 bits per heavy atom. The molecule has 1 aromatic carbocycles. The van der Waals surface area contributed by atoms with Crippen molar-refractivity contribution in [1.29, 1.82) is 0 Å². The van der Waals surface area contributed by atoms with E-state index < -0.39 is 11.7 Å². The molecule has 0 radical (unpaired) electrons. The van der Waals surface area contributed by atoms with Gasteiger partial charge in [0.05, 0.1) is 13.2 Å². The maximum Gasteiger partial charge on any atom is 0.410 e. The highest BCUT2D eigenvalue weighted by atomic mass is 16.6. The SMILES string of the molecule is COCCN(CCNC(=O)CNC(=O)c1ccc(C)c(C)c1)C(=O)OC(C)(C)C. The van der Waals surface area contributed by atoms with Gasteiger partial charge in [-0.25, -0.2) is 4.79 Å². The van der Waals surface area contributed by atoms with E-state index >= 15 is 0 Å². The second-order valence-corrected chi connectivity index (χ2v) is 7.79. The minimum atomic E-state index is -0.607. The third-order valence-corrected chi connectivity index (χ3v) is 4.10. The minimum Gasteiger partial charge on any atom is -0.444 e. The molecule has 29 heavy (non-hydrogen) atoms. The molecule has 0 aromatic heterocycles. The Labute approximate surface area is 172 Å². The molecule has 0 spiro atoms. The molecule has 0 bridgehead atoms. The van der Waals surface area contributed by atoms with Gasteiger partial charge in [0.15, 0.2) is 0 Å². The summed E-state index contributed by atoms with van der Waals surface area (Å²) in [6.45, 7) is 10.4. The normalized spacial score (nSPS) is 11.0. The number of ether oxygens (including phenoxy) is 2. The fourth-order valence-corrected chi connectivity index (χ4v) is 2.36. The van der Waals surface area contributed by atoms with Crippen LogP contribution < -0.4 is 10.6 Å². The summed E-state index contributed by atoms with van der Waals surface area (Å²) in [6.07, 6.45) is -0.466. The maximum atomic E-state index is 12.2. The monoisotopic (exact) mass is 407 g/mol. The quantitative estimate of drug-likeness (QED) is 0.653. The number of hydrogen-bond donors (Lipinski definition) is 2. The molecule has 162 valence electrons. The van der Waals surface area contributed by atoms with E-state index in [4.69, 9.17) is 9.47 Å². The van der Waals surface area contributed by atoms with Gasteiger partial charge in [-0.3, -0.25) is 9.59 Å². The van der Waals surface area contributed by atoms with E-state index in [0.717, 1.165) is 11.1 Å². The standard InChI is InChI=1S/C21H33N3O5/c1-15-7-8-17(13-16(15)2)19(26)23-14-18(25)22-9-10-24(11-12-28-6)20(27)29-21(3,4)5/h7-8,13H,9-12,14H2,1-6H3,(H,22,25)(H,23,26). The highest BCUT2D eigenvalue weighted by molar-refractivity contribution is 5.96. The average Bonchev–Trinajstić information content (AvgIpc) is 2.63. The molecule has 0 saturated heterocycles. The number of nitrogens with one attached hydrogen (secondary N) is 2. The molecule has 0 aliphatic heterocycles. The van der Waals surface area contributed by atoms with Crippen LogP contribution in [0.2, 0.25) is 0 Å². The Morgan fingerprint density at radius 1 is 1.03 bits per heavy atom. The lowest BCUT2D eigenvalue weighted by molar-refractivity contribution is -0.120. The summed E-state index contributed by atoms with van der Waals surface area (Å²) in [6, 6.07) is 5.39. The number of rotatable bonds is 9. The lowest BCUT2D eigenvalue weighted by atomic mass is 10.1. The van der Waals surface area contributed by atoms with Crippen LogP contribution in [0.5, 0.6) is 0 Å². The number of benzene rings is 1. The zero-order valence-electron chi connectivity index (χ0n) is 18.3. The van der Waals surface area contributed by atoms with Gasteiger partial charge < -0.3 is 25.0 Å². The van der Waals surface area contributed by atoms with Gasteiger partial charge in [0.25, 0.3) is 5.91 Å². The van der Waals surface area contributed by atoms with Crippen molar-refractivity contribution >= 4 is 17.9 Å². The van der Waals surface area contributed by atoms with Crippen LogP contribution in [0, 0.1) is 13.8 Å². The van der Waals surface area contributed by atoms with Crippen LogP contribution in [0.15, 0.2) is 18.2 Å². The van der Waals surface area contributed by atoms with Crippen molar-refractivity contribution in [3.63, 3.8) is 0 Å². The minimum absolute atomic E-state index is 0.143. The van der Waals surface area contributed by atoms with E-state index in [9.17, 15) is 14.4 Å². The van der Waals surface area contributed by atoms with E-state index in [-0.39, 0.29) is 31.4 Å². The summed E-state index contributed by atoms with van der Waals surface area (Å²) in [5.41, 5.74) is 2.02. The van der Waals surface area contributed by atoms with Crippen LogP contribution in [0.3, 0.4) is 0 Å². The first-order valence-electron chi connectivity index (χ1n) is 9.62. The lowest BCUT2D eigenvalue weighted by Crippen LogP contribution is -2.44. The number of hydrogen-bond acceptors (Lipinski definition) is 5. The fraction of sp³-hybridized carbons (Fsp3) is 0.571. The van der Waals surface area contributed by atoms with Gasteiger partial charge >= 0.3 is 6.09 Å². The van der Waals surface area contributed by atoms with E-state index in [1.54, 1.807) is 40.0 Å². The molecular weight excluding hydrogens is 374 g/mol. The Morgan fingerprint density at radius 3 is 2.31 bits per heavy atom. The van der Waals surface area contributed by atoms with Crippen LogP contribution in [-0.4, -0.2) is 68.3 Å². The first-order chi connectivity index (χ1) is 13.5. The molecule has 8 heteroatoms. The van der Waals surface area contributed by atoms with Crippen molar-refractivity contribution in [1.82, 2.24) is 15.5 Å². The van der Waals surface area contributed by atoms with Gasteiger partial charge in [0, 0.05) is 32.3 Å². The van der Waals surface area contributed by atoms with Crippen LogP contribution in [0.4, 0.5) is 4.79 Å². The first-order valence-corrected chi connectivity index (χ1v) is 9.62. The molecule has 0 aliphatic carbocycles. The van der Waals surface area contributed by atoms with Gasteiger partial charge in [-0.1, -0.05) is 6.07 Å². The van der Waals surface area contributed by atoms with Crippen molar-refractivity contribution in [3.05, 3.63) is 34.9 Å². The van der Waals surface area contributed by atoms with Crippen molar-refractivity contribution in [2.24, 2.45) is 0 Å². The molecule has 8 nitrogen and oxygen atoms in total. The molecule has 0 atom stereocenters. The Bertz CT molecular complexity index is 713. The molecule has 3 amide bonds. The largest absolute Gasteiger partial charge is 0.444 e. The van der Waals surface area contributed by atoms with Crippen molar-refractivity contribution in [2.75, 3.05) is 39.9 Å². The zero-order chi connectivity index (χ0) is 22.0. The lowest BCUT2D eigenvalue weighted by Gasteiger charge is -2.27. The molecule has 1 aromatic rings. The summed E-state index contributed by atoms with van der Waals surface area (Å²) in [5.74, 6) is -0.642. The zero-order valence-corrected chi connectivity index (χ0v) is 18.3. The Kier molecular flexibility index (Phi) is 9.61. The number of carbonyl (C=O) groups is 3. The summed E-state index contributed by atoms with van der Waals surface area (Å²) in [4.78, 5) is 37.9. The summed E-state index contributed by atoms with van der Waals surface area (Å²) < 4.78 is 10.4. The molecule has 0 fully saturated rings. The molecule has 1 rings (SSSR count). The third kappa shape index (κ3) is 9.43. The summed E-state index contributed by atoms with van der Waals surface area (Å²) in [5, 5.41) is 5.29. The van der Waals surface area contributed by atoms with Crippen LogP contribution in [0.1, 0.15) is 42.3 Å². The summed E-state index contributed by atoms with van der Waals surface area (Å²) in [7, 11) is 1.55. The van der Waals surface area contributed by atoms with Gasteiger partial charge in [0.1, 0.15) is 5.60 Å². The van der Waals surface area contributed by atoms with E-state index in [0.29, 0.717) is 18.7 Å². The summed E-state index contributed by atoms with van der Waals surface area (Å²) >= 11 is 0. The van der Waals surface area contributed by atoms with Crippen LogP contribution in [0.25, 0.3) is 0 Å². The molecule has 0 aliphatic rings. The topological polar surface area (TPSA) is 97.0 Å². The molecule has 0 saturated carbocycles. The second-order valence-electron chi connectivity index (χ2n) is 7.79. The predicted octanol–water partition coefficient (Wildman–Crippen LogP) is 2.03. The Balaban J connectivity index is 2.45. The third-order valence-electron chi connectivity index (χ3n) is 4.10. The number of carbonyl (C=O) groups excluding carboxylic acids is 3. The number of methoxy groups -OCH3 is 1. The van der Waals surface area contributed by atoms with Crippen LogP contribution >= 0.6 is 0 Å². The molecule has 2 N–H and O–H groups in total. The predicted molar refractivity (Wildman–Crippen MR) is 111 cm³/mol. The van der Waals surface area contributed by atoms with E-state index in [2.05, 4.69) is 10.6 Å². The first kappa shape index (κ1) is 24.4. The highest BCUT2D eigenvalue weighted by Crippen LogP contribution is 2.10. The highest BCUT2D eigenvalue weighted by Gasteiger charge is 2.21. The van der Waals surface area contributed by atoms with Gasteiger partial charge in [-0.15, -0.1) is 0 Å². The van der Waals surface area contributed by atoms with Crippen molar-refractivity contribution in [2.45, 2.75) is 40.2 Å². The van der Waals surface area contributed by atoms with Gasteiger partial charge in [-0.2, -0.15) is 0 Å². The van der Waals surface area contributed by atoms with E-state index in [1.165, 1.54) is 4.90 Å². The maximum absolute atomic E-state index is 12.2. The van der Waals surface area contributed by atoms with Crippen LogP contribution in [-0.2, 0) is 14.3 Å². The molecular formula is C21H33N3O5. The average molecular weight is 408 g/mol. The van der Waals surface area contributed by atoms with Crippen molar-refractivity contribution in [3.8, 4) is 0 Å². The second kappa shape index (κ2) is 11.4. The van der Waals surface area contributed by atoms with E-state index in [1.807, 2.05) is 19.9 Å². The molecule has 0 unspecified atom stereocenters. The number of amides is 3. The van der Waals surface area contributed by atoms with Gasteiger partial charge in [0.2, 0.25) is 5.91 Å². The smallest absolute Gasteiger partial charge is 0.410 e.